The second-order valence-corrected chi connectivity index (χ2v) is 5.65. The van der Waals surface area contributed by atoms with Gasteiger partial charge in [0.1, 0.15) is 5.84 Å². The quantitative estimate of drug-likeness (QED) is 0.699. The maximum Gasteiger partial charge on any atom is 0.126 e. The van der Waals surface area contributed by atoms with Gasteiger partial charge in [-0.2, -0.15) is 0 Å². The van der Waals surface area contributed by atoms with Crippen LogP contribution in [0.1, 0.15) is 11.1 Å². The molecule has 0 fully saturated rings. The summed E-state index contributed by atoms with van der Waals surface area (Å²) < 4.78 is 0. The fourth-order valence-corrected chi connectivity index (χ4v) is 3.54. The fourth-order valence-electron chi connectivity index (χ4n) is 2.78. The van der Waals surface area contributed by atoms with Crippen molar-refractivity contribution in [2.45, 2.75) is 6.42 Å². The molecule has 0 unspecified atom stereocenters. The van der Waals surface area contributed by atoms with Crippen LogP contribution in [-0.4, -0.2) is 17.4 Å². The van der Waals surface area contributed by atoms with E-state index in [0.29, 0.717) is 5.84 Å². The number of aromatic nitrogens is 1. The van der Waals surface area contributed by atoms with Crippen LogP contribution in [0.4, 0.5) is 0 Å². The highest BCUT2D eigenvalue weighted by Gasteiger charge is 2.19. The Morgan fingerprint density at radius 1 is 1.21 bits per heavy atom. The zero-order valence-corrected chi connectivity index (χ0v) is 11.1. The van der Waals surface area contributed by atoms with E-state index in [2.05, 4.69) is 39.6 Å². The van der Waals surface area contributed by atoms with E-state index in [1.54, 1.807) is 11.3 Å². The van der Waals surface area contributed by atoms with E-state index in [1.165, 1.54) is 21.5 Å². The summed E-state index contributed by atoms with van der Waals surface area (Å²) in [5, 5.41) is 3.35. The third-order valence-electron chi connectivity index (χ3n) is 3.62. The summed E-state index contributed by atoms with van der Waals surface area (Å²) in [6, 6.07) is 10.4. The van der Waals surface area contributed by atoms with Crippen LogP contribution in [-0.2, 0) is 6.42 Å². The summed E-state index contributed by atoms with van der Waals surface area (Å²) in [5.74, 6) is 0.654. The Morgan fingerprint density at radius 2 is 2.16 bits per heavy atom. The molecular formula is C15H13N3S. The smallest absolute Gasteiger partial charge is 0.126 e. The van der Waals surface area contributed by atoms with Crippen molar-refractivity contribution in [1.82, 2.24) is 4.98 Å². The highest BCUT2D eigenvalue weighted by Crippen LogP contribution is 2.35. The number of hydrogen-bond donors (Lipinski definition) is 2. The number of aromatic amines is 1. The molecule has 2 aromatic heterocycles. The van der Waals surface area contributed by atoms with Crippen molar-refractivity contribution in [3.05, 3.63) is 46.8 Å². The number of aliphatic imine (C=N–C) groups is 1. The van der Waals surface area contributed by atoms with Crippen molar-refractivity contribution in [2.24, 2.45) is 10.7 Å². The molecule has 0 bridgehead atoms. The number of nitrogens with zero attached hydrogens (tertiary/aromatic N) is 1. The first-order chi connectivity index (χ1) is 9.34. The first-order valence-electron chi connectivity index (χ1n) is 6.32. The Balaban J connectivity index is 2.10. The number of nitrogens with two attached hydrogens (primary N) is 1. The average molecular weight is 267 g/mol. The number of benzene rings is 1. The van der Waals surface area contributed by atoms with Gasteiger partial charge in [0.05, 0.1) is 10.6 Å². The predicted molar refractivity (Wildman–Crippen MR) is 80.9 cm³/mol. The van der Waals surface area contributed by atoms with Crippen molar-refractivity contribution < 1.29 is 0 Å². The third-order valence-corrected chi connectivity index (χ3v) is 4.50. The number of thiophene rings is 1. The first-order valence-corrected chi connectivity index (χ1v) is 7.20. The minimum atomic E-state index is 0.654. The minimum absolute atomic E-state index is 0.654. The van der Waals surface area contributed by atoms with Gasteiger partial charge in [-0.25, -0.2) is 0 Å². The molecule has 0 aliphatic carbocycles. The molecule has 4 heteroatoms. The Labute approximate surface area is 114 Å². The van der Waals surface area contributed by atoms with E-state index < -0.39 is 0 Å². The van der Waals surface area contributed by atoms with Crippen molar-refractivity contribution in [3.63, 3.8) is 0 Å². The van der Waals surface area contributed by atoms with Gasteiger partial charge in [-0.15, -0.1) is 11.3 Å². The van der Waals surface area contributed by atoms with Gasteiger partial charge in [-0.3, -0.25) is 4.99 Å². The summed E-state index contributed by atoms with van der Waals surface area (Å²) in [5.41, 5.74) is 10.8. The summed E-state index contributed by atoms with van der Waals surface area (Å²) in [6.07, 6.45) is 0.935. The van der Waals surface area contributed by atoms with Crippen LogP contribution >= 0.6 is 11.3 Å². The van der Waals surface area contributed by atoms with Crippen molar-refractivity contribution >= 4 is 28.1 Å². The molecule has 4 rings (SSSR count). The van der Waals surface area contributed by atoms with Gasteiger partial charge >= 0.3 is 0 Å². The van der Waals surface area contributed by atoms with Crippen LogP contribution in [0.2, 0.25) is 0 Å². The highest BCUT2D eigenvalue weighted by molar-refractivity contribution is 7.13. The Kier molecular flexibility index (Phi) is 2.26. The maximum atomic E-state index is 6.07. The van der Waals surface area contributed by atoms with Crippen LogP contribution in [0.5, 0.6) is 0 Å². The molecule has 0 radical (unpaired) electrons. The molecule has 0 saturated heterocycles. The van der Waals surface area contributed by atoms with Crippen LogP contribution in [0.3, 0.4) is 0 Å². The van der Waals surface area contributed by atoms with Crippen molar-refractivity contribution in [3.8, 4) is 10.6 Å². The number of H-pyrrole nitrogens is 1. The number of hydrogen-bond acceptors (Lipinski definition) is 3. The molecule has 1 aliphatic rings. The van der Waals surface area contributed by atoms with Gasteiger partial charge in [-0.1, -0.05) is 18.2 Å². The molecule has 1 aromatic carbocycles. The lowest BCUT2D eigenvalue weighted by Crippen LogP contribution is -2.13. The molecule has 0 saturated carbocycles. The van der Waals surface area contributed by atoms with Crippen LogP contribution in [0, 0.1) is 0 Å². The average Bonchev–Trinajstić information content (AvgIpc) is 3.01. The molecule has 1 aliphatic heterocycles. The monoisotopic (exact) mass is 267 g/mol. The molecule has 0 atom stereocenters. The zero-order chi connectivity index (χ0) is 12.8. The van der Waals surface area contributed by atoms with Crippen LogP contribution in [0.25, 0.3) is 21.5 Å². The lowest BCUT2D eigenvalue weighted by atomic mass is 10.0. The van der Waals surface area contributed by atoms with Crippen molar-refractivity contribution in [2.75, 3.05) is 6.54 Å². The number of rotatable bonds is 1. The van der Waals surface area contributed by atoms with E-state index in [9.17, 15) is 0 Å². The molecular weight excluding hydrogens is 254 g/mol. The van der Waals surface area contributed by atoms with Crippen LogP contribution in [0.15, 0.2) is 40.7 Å². The van der Waals surface area contributed by atoms with E-state index >= 15 is 0 Å². The first kappa shape index (κ1) is 10.8. The molecule has 3 heterocycles. The van der Waals surface area contributed by atoms with Crippen LogP contribution < -0.4 is 5.73 Å². The van der Waals surface area contributed by atoms with Gasteiger partial charge in [0.25, 0.3) is 0 Å². The molecule has 3 aromatic rings. The highest BCUT2D eigenvalue weighted by atomic mass is 32.1. The van der Waals surface area contributed by atoms with Crippen molar-refractivity contribution in [1.29, 1.82) is 0 Å². The standard InChI is InChI=1S/C15H13N3S/c16-15-10-3-1-4-11-13(10)9(6-7-17-15)14(18-11)12-5-2-8-19-12/h1-5,8,18H,6-7H2,(H2,16,17). The molecule has 94 valence electrons. The summed E-state index contributed by atoms with van der Waals surface area (Å²) in [4.78, 5) is 9.26. The predicted octanol–water partition coefficient (Wildman–Crippen LogP) is 3.16. The lowest BCUT2D eigenvalue weighted by Gasteiger charge is -2.01. The topological polar surface area (TPSA) is 54.2 Å². The molecule has 19 heavy (non-hydrogen) atoms. The second kappa shape index (κ2) is 3.96. The minimum Gasteiger partial charge on any atom is -0.383 e. The number of amidine groups is 1. The fraction of sp³-hybridized carbons (Fsp3) is 0.133. The summed E-state index contributed by atoms with van der Waals surface area (Å²) >= 11 is 1.76. The van der Waals surface area contributed by atoms with Gasteiger partial charge in [0.15, 0.2) is 0 Å². The normalized spacial score (nSPS) is 14.4. The third kappa shape index (κ3) is 1.53. The zero-order valence-electron chi connectivity index (χ0n) is 10.3. The van der Waals surface area contributed by atoms with Gasteiger partial charge in [-0.05, 0) is 29.5 Å². The van der Waals surface area contributed by atoms with Gasteiger partial charge < -0.3 is 10.7 Å². The Morgan fingerprint density at radius 3 is 3.00 bits per heavy atom. The Hall–Kier alpha value is -2.07. The largest absolute Gasteiger partial charge is 0.383 e. The van der Waals surface area contributed by atoms with E-state index in [-0.39, 0.29) is 0 Å². The maximum absolute atomic E-state index is 6.07. The Bertz CT molecular complexity index is 781. The lowest BCUT2D eigenvalue weighted by molar-refractivity contribution is 0.982. The molecule has 0 spiro atoms. The summed E-state index contributed by atoms with van der Waals surface area (Å²) in [7, 11) is 0. The molecule has 0 amide bonds. The van der Waals surface area contributed by atoms with Gasteiger partial charge in [0, 0.05) is 23.0 Å². The summed E-state index contributed by atoms with van der Waals surface area (Å²) in [6.45, 7) is 0.756. The molecule has 3 nitrogen and oxygen atoms in total. The van der Waals surface area contributed by atoms with Gasteiger partial charge in [0.2, 0.25) is 0 Å². The van der Waals surface area contributed by atoms with E-state index in [0.717, 1.165) is 24.0 Å². The van der Waals surface area contributed by atoms with E-state index in [1.807, 2.05) is 6.07 Å². The molecule has 3 N–H and O–H groups in total. The number of nitrogens with one attached hydrogen (secondary N) is 1. The SMILES string of the molecule is NC1=NCCc2c(-c3cccs3)[nH]c3cccc1c23. The second-order valence-electron chi connectivity index (χ2n) is 4.70. The van der Waals surface area contributed by atoms with E-state index in [4.69, 9.17) is 5.73 Å².